The molecule has 0 heterocycles. The molecule has 8 heteroatoms. The molecule has 2 aromatic rings. The first kappa shape index (κ1) is 18.9. The van der Waals surface area contributed by atoms with Gasteiger partial charge < -0.3 is 24.3 Å². The zero-order valence-corrected chi connectivity index (χ0v) is 15.5. The molecule has 1 amide bonds. The van der Waals surface area contributed by atoms with Gasteiger partial charge in [0.25, 0.3) is 5.91 Å². The highest BCUT2D eigenvalue weighted by Gasteiger charge is 2.15. The molecule has 0 bridgehead atoms. The number of amides is 1. The predicted octanol–water partition coefficient (Wildman–Crippen LogP) is 3.63. The number of benzene rings is 2. The average Bonchev–Trinajstić information content (AvgIpc) is 2.60. The predicted molar refractivity (Wildman–Crippen MR) is 94.3 cm³/mol. The average molecular weight is 414 g/mol. The molecule has 0 aliphatic carbocycles. The van der Waals surface area contributed by atoms with E-state index in [4.69, 9.17) is 18.9 Å². The number of methoxy groups -OCH3 is 3. The number of rotatable bonds is 7. The third-order valence-electron chi connectivity index (χ3n) is 3.20. The van der Waals surface area contributed by atoms with Crippen molar-refractivity contribution < 1.29 is 28.1 Å². The van der Waals surface area contributed by atoms with E-state index in [1.807, 2.05) is 0 Å². The van der Waals surface area contributed by atoms with Crippen LogP contribution in [0.2, 0.25) is 0 Å². The molecule has 2 aromatic carbocycles. The molecule has 134 valence electrons. The van der Waals surface area contributed by atoms with E-state index >= 15 is 0 Å². The van der Waals surface area contributed by atoms with Crippen molar-refractivity contribution in [1.82, 2.24) is 0 Å². The van der Waals surface area contributed by atoms with Gasteiger partial charge in [-0.1, -0.05) is 0 Å². The number of halogens is 2. The quantitative estimate of drug-likeness (QED) is 0.750. The van der Waals surface area contributed by atoms with Crippen molar-refractivity contribution in [2.45, 2.75) is 0 Å². The fraction of sp³-hybridized carbons (Fsp3) is 0.235. The minimum Gasteiger partial charge on any atom is -0.493 e. The maximum Gasteiger partial charge on any atom is 0.262 e. The van der Waals surface area contributed by atoms with Gasteiger partial charge in [-0.15, -0.1) is 0 Å². The fourth-order valence-electron chi connectivity index (χ4n) is 2.09. The van der Waals surface area contributed by atoms with Crippen LogP contribution in [0.4, 0.5) is 10.1 Å². The van der Waals surface area contributed by atoms with Gasteiger partial charge in [0.1, 0.15) is 11.6 Å². The first-order valence-electron chi connectivity index (χ1n) is 7.16. The van der Waals surface area contributed by atoms with Crippen molar-refractivity contribution in [1.29, 1.82) is 0 Å². The van der Waals surface area contributed by atoms with E-state index in [1.54, 1.807) is 12.1 Å². The van der Waals surface area contributed by atoms with Crippen LogP contribution in [0, 0.1) is 5.82 Å². The van der Waals surface area contributed by atoms with Gasteiger partial charge in [0, 0.05) is 17.8 Å². The Morgan fingerprint density at radius 3 is 2.20 bits per heavy atom. The molecule has 0 unspecified atom stereocenters. The summed E-state index contributed by atoms with van der Waals surface area (Å²) in [6, 6.07) is 7.15. The first-order chi connectivity index (χ1) is 12.0. The highest BCUT2D eigenvalue weighted by molar-refractivity contribution is 9.10. The Bertz CT molecular complexity index is 744. The van der Waals surface area contributed by atoms with Gasteiger partial charge in [-0.3, -0.25) is 4.79 Å². The number of anilines is 1. The minimum atomic E-state index is -0.402. The lowest BCUT2D eigenvalue weighted by Crippen LogP contribution is -2.20. The highest BCUT2D eigenvalue weighted by atomic mass is 79.9. The molecular weight excluding hydrogens is 397 g/mol. The van der Waals surface area contributed by atoms with E-state index in [2.05, 4.69) is 21.2 Å². The van der Waals surface area contributed by atoms with Crippen molar-refractivity contribution in [2.75, 3.05) is 33.3 Å². The molecule has 0 aliphatic heterocycles. The Kier molecular flexibility index (Phi) is 6.46. The Labute approximate surface area is 153 Å². The lowest BCUT2D eigenvalue weighted by molar-refractivity contribution is -0.118. The number of hydrogen-bond acceptors (Lipinski definition) is 5. The molecule has 0 aromatic heterocycles. The molecule has 0 saturated heterocycles. The molecule has 1 N–H and O–H groups in total. The zero-order chi connectivity index (χ0) is 18.4. The lowest BCUT2D eigenvalue weighted by Gasteiger charge is -2.15. The van der Waals surface area contributed by atoms with E-state index < -0.39 is 11.7 Å². The number of nitrogens with one attached hydrogen (secondary N) is 1. The van der Waals surface area contributed by atoms with Crippen LogP contribution < -0.4 is 24.3 Å². The van der Waals surface area contributed by atoms with Gasteiger partial charge in [0.05, 0.1) is 25.8 Å². The second-order valence-electron chi connectivity index (χ2n) is 4.83. The minimum absolute atomic E-state index is 0.249. The fourth-order valence-corrected chi connectivity index (χ4v) is 2.55. The molecule has 0 saturated carbocycles. The Balaban J connectivity index is 2.07. The maximum absolute atomic E-state index is 13.0. The van der Waals surface area contributed by atoms with Gasteiger partial charge in [0.2, 0.25) is 5.75 Å². The standard InChI is InChI=1S/C17H17BrFNO5/c1-22-14-7-11(8-15(23-2)17(14)24-3)20-16(21)9-25-13-5-4-10(19)6-12(13)18/h4-8H,9H2,1-3H3,(H,20,21). The monoisotopic (exact) mass is 413 g/mol. The molecule has 0 atom stereocenters. The Morgan fingerprint density at radius 1 is 1.04 bits per heavy atom. The maximum atomic E-state index is 13.0. The number of carbonyl (C=O) groups excluding carboxylic acids is 1. The number of hydrogen-bond donors (Lipinski definition) is 1. The van der Waals surface area contributed by atoms with Gasteiger partial charge in [-0.2, -0.15) is 0 Å². The molecule has 2 rings (SSSR count). The topological polar surface area (TPSA) is 66.0 Å². The highest BCUT2D eigenvalue weighted by Crippen LogP contribution is 2.39. The molecule has 0 fully saturated rings. The van der Waals surface area contributed by atoms with Crippen LogP contribution in [-0.4, -0.2) is 33.8 Å². The summed E-state index contributed by atoms with van der Waals surface area (Å²) in [4.78, 5) is 12.1. The normalized spacial score (nSPS) is 10.1. The van der Waals surface area contributed by atoms with E-state index in [0.29, 0.717) is 33.2 Å². The third kappa shape index (κ3) is 4.76. The zero-order valence-electron chi connectivity index (χ0n) is 13.9. The lowest BCUT2D eigenvalue weighted by atomic mass is 10.2. The summed E-state index contributed by atoms with van der Waals surface area (Å²) in [5.41, 5.74) is 0.460. The number of carbonyl (C=O) groups is 1. The van der Waals surface area contributed by atoms with Gasteiger partial charge in [0.15, 0.2) is 18.1 Å². The first-order valence-corrected chi connectivity index (χ1v) is 7.95. The van der Waals surface area contributed by atoms with Crippen molar-refractivity contribution >= 4 is 27.5 Å². The van der Waals surface area contributed by atoms with Crippen LogP contribution in [0.3, 0.4) is 0 Å². The Hall–Kier alpha value is -2.48. The summed E-state index contributed by atoms with van der Waals surface area (Å²) in [6.07, 6.45) is 0. The van der Waals surface area contributed by atoms with Crippen LogP contribution in [0.5, 0.6) is 23.0 Å². The van der Waals surface area contributed by atoms with E-state index in [1.165, 1.54) is 39.5 Å². The van der Waals surface area contributed by atoms with E-state index in [0.717, 1.165) is 0 Å². The van der Waals surface area contributed by atoms with Crippen molar-refractivity contribution in [3.63, 3.8) is 0 Å². The summed E-state index contributed by atoms with van der Waals surface area (Å²) < 4.78 is 34.5. The van der Waals surface area contributed by atoms with Crippen LogP contribution in [0.1, 0.15) is 0 Å². The van der Waals surface area contributed by atoms with E-state index in [9.17, 15) is 9.18 Å². The van der Waals surface area contributed by atoms with E-state index in [-0.39, 0.29) is 6.61 Å². The molecule has 0 radical (unpaired) electrons. The van der Waals surface area contributed by atoms with Gasteiger partial charge >= 0.3 is 0 Å². The summed E-state index contributed by atoms with van der Waals surface area (Å²) in [5.74, 6) is 0.821. The summed E-state index contributed by atoms with van der Waals surface area (Å²) >= 11 is 3.17. The van der Waals surface area contributed by atoms with Crippen LogP contribution in [0.15, 0.2) is 34.8 Å². The second-order valence-corrected chi connectivity index (χ2v) is 5.68. The van der Waals surface area contributed by atoms with Crippen molar-refractivity contribution in [3.8, 4) is 23.0 Å². The third-order valence-corrected chi connectivity index (χ3v) is 3.82. The Morgan fingerprint density at radius 2 is 1.68 bits per heavy atom. The summed E-state index contributed by atoms with van der Waals surface area (Å²) in [6.45, 7) is -0.249. The molecule has 0 aliphatic rings. The molecule has 0 spiro atoms. The van der Waals surface area contributed by atoms with Crippen LogP contribution >= 0.6 is 15.9 Å². The van der Waals surface area contributed by atoms with Gasteiger partial charge in [-0.25, -0.2) is 4.39 Å². The smallest absolute Gasteiger partial charge is 0.262 e. The van der Waals surface area contributed by atoms with Gasteiger partial charge in [-0.05, 0) is 34.1 Å². The van der Waals surface area contributed by atoms with Crippen molar-refractivity contribution in [3.05, 3.63) is 40.6 Å². The largest absolute Gasteiger partial charge is 0.493 e. The summed E-state index contributed by atoms with van der Waals surface area (Å²) in [7, 11) is 4.46. The van der Waals surface area contributed by atoms with Crippen molar-refractivity contribution in [2.24, 2.45) is 0 Å². The molecule has 6 nitrogen and oxygen atoms in total. The van der Waals surface area contributed by atoms with Crippen LogP contribution in [0.25, 0.3) is 0 Å². The molecular formula is C17H17BrFNO5. The van der Waals surface area contributed by atoms with Crippen LogP contribution in [-0.2, 0) is 4.79 Å². The second kappa shape index (κ2) is 8.57. The number of ether oxygens (including phenoxy) is 4. The molecule has 25 heavy (non-hydrogen) atoms. The SMILES string of the molecule is COc1cc(NC(=O)COc2ccc(F)cc2Br)cc(OC)c1OC. The summed E-state index contributed by atoms with van der Waals surface area (Å²) in [5, 5.41) is 2.67.